The summed E-state index contributed by atoms with van der Waals surface area (Å²) in [5.74, 6) is 1.09. The highest BCUT2D eigenvalue weighted by molar-refractivity contribution is 5.82. The van der Waals surface area contributed by atoms with Gasteiger partial charge in [-0.25, -0.2) is 18.9 Å². The lowest BCUT2D eigenvalue weighted by molar-refractivity contribution is 0.209. The van der Waals surface area contributed by atoms with E-state index < -0.39 is 0 Å². The third-order valence-electron chi connectivity index (χ3n) is 6.15. The molecule has 8 heteroatoms. The molecule has 170 valence electrons. The van der Waals surface area contributed by atoms with E-state index in [4.69, 9.17) is 14.8 Å². The number of methoxy groups -OCH3 is 1. The van der Waals surface area contributed by atoms with Crippen molar-refractivity contribution in [3.8, 4) is 28.4 Å². The third-order valence-corrected chi connectivity index (χ3v) is 6.15. The molecule has 0 radical (unpaired) electrons. The van der Waals surface area contributed by atoms with Crippen LogP contribution in [0.4, 0.5) is 10.2 Å². The van der Waals surface area contributed by atoms with E-state index >= 15 is 0 Å². The van der Waals surface area contributed by atoms with Crippen molar-refractivity contribution < 1.29 is 9.13 Å². The predicted molar refractivity (Wildman–Crippen MR) is 127 cm³/mol. The Labute approximate surface area is 192 Å². The summed E-state index contributed by atoms with van der Waals surface area (Å²) in [5.41, 5.74) is 3.68. The number of imidazole rings is 1. The molecule has 5 rings (SSSR count). The van der Waals surface area contributed by atoms with Crippen molar-refractivity contribution in [1.29, 1.82) is 0 Å². The molecule has 1 fully saturated rings. The van der Waals surface area contributed by atoms with E-state index in [1.807, 2.05) is 34.8 Å². The zero-order chi connectivity index (χ0) is 22.9. The van der Waals surface area contributed by atoms with Gasteiger partial charge in [-0.1, -0.05) is 12.1 Å². The van der Waals surface area contributed by atoms with Gasteiger partial charge in [-0.3, -0.25) is 4.90 Å². The van der Waals surface area contributed by atoms with Crippen molar-refractivity contribution in [2.24, 2.45) is 0 Å². The van der Waals surface area contributed by atoms with Crippen LogP contribution in [0.1, 0.15) is 13.8 Å². The van der Waals surface area contributed by atoms with Gasteiger partial charge in [0.25, 0.3) is 0 Å². The minimum absolute atomic E-state index is 0.306. The van der Waals surface area contributed by atoms with Crippen LogP contribution in [0.25, 0.3) is 28.2 Å². The fourth-order valence-corrected chi connectivity index (χ4v) is 4.32. The van der Waals surface area contributed by atoms with Gasteiger partial charge in [0.2, 0.25) is 5.88 Å². The number of anilines is 1. The molecule has 0 bridgehead atoms. The number of benzene rings is 1. The Kier molecular flexibility index (Phi) is 5.68. The molecule has 1 aromatic carbocycles. The van der Waals surface area contributed by atoms with Gasteiger partial charge in [0.05, 0.1) is 12.8 Å². The summed E-state index contributed by atoms with van der Waals surface area (Å²) in [7, 11) is 1.58. The van der Waals surface area contributed by atoms with Crippen LogP contribution in [0.2, 0.25) is 0 Å². The molecule has 4 heterocycles. The van der Waals surface area contributed by atoms with E-state index in [0.29, 0.717) is 28.8 Å². The number of ether oxygens (including phenoxy) is 1. The van der Waals surface area contributed by atoms with Gasteiger partial charge < -0.3 is 9.64 Å². The molecular formula is C25H27FN6O. The lowest BCUT2D eigenvalue weighted by atomic mass is 10.1. The molecule has 1 saturated heterocycles. The molecule has 0 atom stereocenters. The molecule has 3 aromatic heterocycles. The number of piperazine rings is 1. The maximum absolute atomic E-state index is 14.1. The Balaban J connectivity index is 1.63. The maximum Gasteiger partial charge on any atom is 0.213 e. The highest BCUT2D eigenvalue weighted by atomic mass is 19.1. The van der Waals surface area contributed by atoms with E-state index in [1.165, 1.54) is 12.1 Å². The second kappa shape index (κ2) is 8.78. The number of halogens is 1. The van der Waals surface area contributed by atoms with Gasteiger partial charge in [0.15, 0.2) is 5.65 Å². The quantitative estimate of drug-likeness (QED) is 0.459. The molecule has 0 N–H and O–H groups in total. The average Bonchev–Trinajstić information content (AvgIpc) is 3.23. The van der Waals surface area contributed by atoms with Crippen molar-refractivity contribution in [3.05, 3.63) is 60.5 Å². The third kappa shape index (κ3) is 4.14. The number of fused-ring (bicyclic) bond motifs is 1. The number of aromatic nitrogens is 4. The summed E-state index contributed by atoms with van der Waals surface area (Å²) in [4.78, 5) is 13.8. The molecular weight excluding hydrogens is 419 g/mol. The number of rotatable bonds is 5. The van der Waals surface area contributed by atoms with Crippen LogP contribution in [0, 0.1) is 5.82 Å². The zero-order valence-corrected chi connectivity index (χ0v) is 19.1. The Bertz CT molecular complexity index is 1280. The number of nitrogens with zero attached hydrogens (tertiary/aromatic N) is 6. The molecule has 0 amide bonds. The molecule has 4 aromatic rings. The SMILES string of the molecule is COc1cc(-c2c(-c3cccc(F)c3)nc3ccc(N4CCN(C(C)C)CC4)nn23)ccn1. The van der Waals surface area contributed by atoms with Gasteiger partial charge in [0, 0.05) is 55.6 Å². The molecule has 1 aliphatic heterocycles. The summed E-state index contributed by atoms with van der Waals surface area (Å²) in [6.45, 7) is 8.30. The normalized spacial score (nSPS) is 14.9. The standard InChI is InChI=1S/C25H27FN6O/c1-17(2)30-11-13-31(14-12-30)22-8-7-21-28-24(18-5-4-6-20(26)15-18)25(32(21)29-22)19-9-10-27-23(16-19)33-3/h4-10,15-17H,11-14H2,1-3H3. The van der Waals surface area contributed by atoms with Gasteiger partial charge in [0.1, 0.15) is 17.3 Å². The van der Waals surface area contributed by atoms with E-state index in [-0.39, 0.29) is 5.82 Å². The van der Waals surface area contributed by atoms with Gasteiger partial charge in [-0.15, -0.1) is 5.10 Å². The summed E-state index contributed by atoms with van der Waals surface area (Å²) >= 11 is 0. The van der Waals surface area contributed by atoms with E-state index in [0.717, 1.165) is 43.3 Å². The van der Waals surface area contributed by atoms with Gasteiger partial charge in [-0.05, 0) is 44.2 Å². The molecule has 7 nitrogen and oxygen atoms in total. The number of hydrogen-bond acceptors (Lipinski definition) is 6. The van der Waals surface area contributed by atoms with E-state index in [9.17, 15) is 4.39 Å². The monoisotopic (exact) mass is 446 g/mol. The lowest BCUT2D eigenvalue weighted by Crippen LogP contribution is -2.49. The second-order valence-corrected chi connectivity index (χ2v) is 8.48. The first-order valence-electron chi connectivity index (χ1n) is 11.2. The first-order valence-corrected chi connectivity index (χ1v) is 11.2. The van der Waals surface area contributed by atoms with Crippen molar-refractivity contribution in [3.63, 3.8) is 0 Å². The van der Waals surface area contributed by atoms with Crippen molar-refractivity contribution in [2.75, 3.05) is 38.2 Å². The van der Waals surface area contributed by atoms with Crippen LogP contribution in [-0.4, -0.2) is 63.8 Å². The predicted octanol–water partition coefficient (Wildman–Crippen LogP) is 4.14. The second-order valence-electron chi connectivity index (χ2n) is 8.48. The topological polar surface area (TPSA) is 58.8 Å². The van der Waals surface area contributed by atoms with Crippen LogP contribution in [-0.2, 0) is 0 Å². The summed E-state index contributed by atoms with van der Waals surface area (Å²) in [6.07, 6.45) is 1.69. The Morgan fingerprint density at radius 1 is 0.970 bits per heavy atom. The molecule has 0 aliphatic carbocycles. The van der Waals surface area contributed by atoms with Gasteiger partial charge >= 0.3 is 0 Å². The maximum atomic E-state index is 14.1. The summed E-state index contributed by atoms with van der Waals surface area (Å²) in [6, 6.07) is 14.8. The Morgan fingerprint density at radius 2 is 1.79 bits per heavy atom. The van der Waals surface area contributed by atoms with Crippen LogP contribution in [0.5, 0.6) is 5.88 Å². The Morgan fingerprint density at radius 3 is 2.52 bits per heavy atom. The highest BCUT2D eigenvalue weighted by Crippen LogP contribution is 2.34. The minimum Gasteiger partial charge on any atom is -0.481 e. The smallest absolute Gasteiger partial charge is 0.213 e. The van der Waals surface area contributed by atoms with Crippen LogP contribution in [0.15, 0.2) is 54.7 Å². The minimum atomic E-state index is -0.306. The molecule has 33 heavy (non-hydrogen) atoms. The Hall–Kier alpha value is -3.52. The first-order chi connectivity index (χ1) is 16.0. The van der Waals surface area contributed by atoms with Gasteiger partial charge in [-0.2, -0.15) is 0 Å². The van der Waals surface area contributed by atoms with Crippen molar-refractivity contribution in [2.45, 2.75) is 19.9 Å². The summed E-state index contributed by atoms with van der Waals surface area (Å²) in [5, 5.41) is 4.98. The van der Waals surface area contributed by atoms with Crippen LogP contribution < -0.4 is 9.64 Å². The van der Waals surface area contributed by atoms with Crippen molar-refractivity contribution in [1.82, 2.24) is 24.5 Å². The molecule has 1 aliphatic rings. The van der Waals surface area contributed by atoms with E-state index in [1.54, 1.807) is 19.4 Å². The van der Waals surface area contributed by atoms with E-state index in [2.05, 4.69) is 28.6 Å². The largest absolute Gasteiger partial charge is 0.481 e. The van der Waals surface area contributed by atoms with Crippen LogP contribution >= 0.6 is 0 Å². The summed E-state index contributed by atoms with van der Waals surface area (Å²) < 4.78 is 21.3. The molecule has 0 spiro atoms. The first kappa shape index (κ1) is 21.3. The lowest BCUT2D eigenvalue weighted by Gasteiger charge is -2.37. The van der Waals surface area contributed by atoms with Crippen LogP contribution in [0.3, 0.4) is 0 Å². The zero-order valence-electron chi connectivity index (χ0n) is 19.1. The highest BCUT2D eigenvalue weighted by Gasteiger charge is 2.22. The average molecular weight is 447 g/mol. The fourth-order valence-electron chi connectivity index (χ4n) is 4.32. The fraction of sp³-hybridized carbons (Fsp3) is 0.320. The molecule has 0 saturated carbocycles. The number of hydrogen-bond donors (Lipinski definition) is 0. The molecule has 0 unspecified atom stereocenters. The van der Waals surface area contributed by atoms with Crippen molar-refractivity contribution >= 4 is 11.5 Å². The number of pyridine rings is 1.